The Kier molecular flexibility index (Phi) is 6.02. The van der Waals surface area contributed by atoms with Gasteiger partial charge in [0, 0.05) is 23.9 Å². The SMILES string of the molecule is CCC(CSC)N(C)C1CCC(N)CC1. The van der Waals surface area contributed by atoms with Crippen LogP contribution in [0.25, 0.3) is 0 Å². The average Bonchev–Trinajstić information content (AvgIpc) is 2.26. The molecule has 1 aliphatic rings. The summed E-state index contributed by atoms with van der Waals surface area (Å²) in [6.45, 7) is 2.30. The second-order valence-corrected chi connectivity index (χ2v) is 5.66. The van der Waals surface area contributed by atoms with Crippen LogP contribution in [0.4, 0.5) is 0 Å². The van der Waals surface area contributed by atoms with E-state index in [1.807, 2.05) is 11.8 Å². The van der Waals surface area contributed by atoms with E-state index in [2.05, 4.69) is 25.1 Å². The van der Waals surface area contributed by atoms with Crippen molar-refractivity contribution in [1.82, 2.24) is 4.90 Å². The Bertz CT molecular complexity index is 167. The number of hydrogen-bond acceptors (Lipinski definition) is 3. The van der Waals surface area contributed by atoms with Crippen LogP contribution >= 0.6 is 11.8 Å². The molecule has 1 fully saturated rings. The van der Waals surface area contributed by atoms with Crippen LogP contribution in [-0.4, -0.2) is 42.1 Å². The zero-order valence-electron chi connectivity index (χ0n) is 10.4. The van der Waals surface area contributed by atoms with Crippen molar-refractivity contribution in [1.29, 1.82) is 0 Å². The maximum Gasteiger partial charge on any atom is 0.0183 e. The summed E-state index contributed by atoms with van der Waals surface area (Å²) in [7, 11) is 2.30. The highest BCUT2D eigenvalue weighted by Crippen LogP contribution is 2.24. The molecule has 0 heterocycles. The minimum Gasteiger partial charge on any atom is -0.328 e. The average molecular weight is 230 g/mol. The number of nitrogens with zero attached hydrogens (tertiary/aromatic N) is 1. The highest BCUT2D eigenvalue weighted by Gasteiger charge is 2.25. The van der Waals surface area contributed by atoms with Crippen LogP contribution in [0.3, 0.4) is 0 Å². The fourth-order valence-electron chi connectivity index (χ4n) is 2.52. The highest BCUT2D eigenvalue weighted by atomic mass is 32.2. The van der Waals surface area contributed by atoms with Gasteiger partial charge in [-0.15, -0.1) is 0 Å². The van der Waals surface area contributed by atoms with E-state index in [0.29, 0.717) is 6.04 Å². The summed E-state index contributed by atoms with van der Waals surface area (Å²) in [5, 5.41) is 0. The van der Waals surface area contributed by atoms with Crippen LogP contribution in [0.15, 0.2) is 0 Å². The number of rotatable bonds is 5. The zero-order chi connectivity index (χ0) is 11.3. The molecule has 2 nitrogen and oxygen atoms in total. The van der Waals surface area contributed by atoms with E-state index in [0.717, 1.165) is 12.1 Å². The zero-order valence-corrected chi connectivity index (χ0v) is 11.2. The minimum absolute atomic E-state index is 0.468. The molecule has 1 unspecified atom stereocenters. The van der Waals surface area contributed by atoms with Crippen LogP contribution in [0.5, 0.6) is 0 Å². The predicted octanol–water partition coefficient (Wildman–Crippen LogP) is 2.33. The van der Waals surface area contributed by atoms with Gasteiger partial charge in [0.05, 0.1) is 0 Å². The molecule has 0 saturated heterocycles. The van der Waals surface area contributed by atoms with E-state index in [4.69, 9.17) is 5.73 Å². The first-order chi connectivity index (χ1) is 7.19. The molecule has 3 heteroatoms. The van der Waals surface area contributed by atoms with Crippen molar-refractivity contribution in [2.75, 3.05) is 19.1 Å². The molecule has 0 bridgehead atoms. The molecular weight excluding hydrogens is 204 g/mol. The monoisotopic (exact) mass is 230 g/mol. The third-order valence-electron chi connectivity index (χ3n) is 3.72. The van der Waals surface area contributed by atoms with E-state index >= 15 is 0 Å². The molecule has 0 aliphatic heterocycles. The van der Waals surface area contributed by atoms with Crippen molar-refractivity contribution in [3.63, 3.8) is 0 Å². The molecule has 1 aliphatic carbocycles. The summed E-state index contributed by atoms with van der Waals surface area (Å²) in [6.07, 6.45) is 8.48. The fraction of sp³-hybridized carbons (Fsp3) is 1.00. The van der Waals surface area contributed by atoms with Crippen LogP contribution in [0, 0.1) is 0 Å². The predicted molar refractivity (Wildman–Crippen MR) is 70.5 cm³/mol. The largest absolute Gasteiger partial charge is 0.328 e. The smallest absolute Gasteiger partial charge is 0.0183 e. The fourth-order valence-corrected chi connectivity index (χ4v) is 3.38. The van der Waals surface area contributed by atoms with Crippen LogP contribution in [-0.2, 0) is 0 Å². The molecule has 0 aromatic heterocycles. The van der Waals surface area contributed by atoms with Gasteiger partial charge in [0.1, 0.15) is 0 Å². The van der Waals surface area contributed by atoms with Crippen molar-refractivity contribution in [2.24, 2.45) is 5.73 Å². The summed E-state index contributed by atoms with van der Waals surface area (Å²) < 4.78 is 0. The summed E-state index contributed by atoms with van der Waals surface area (Å²) in [4.78, 5) is 2.60. The first kappa shape index (κ1) is 13.3. The van der Waals surface area contributed by atoms with E-state index in [-0.39, 0.29) is 0 Å². The van der Waals surface area contributed by atoms with Gasteiger partial charge < -0.3 is 5.73 Å². The molecule has 0 spiro atoms. The lowest BCUT2D eigenvalue weighted by Crippen LogP contribution is -2.44. The topological polar surface area (TPSA) is 29.3 Å². The Morgan fingerprint density at radius 1 is 1.33 bits per heavy atom. The maximum atomic E-state index is 5.94. The van der Waals surface area contributed by atoms with E-state index in [9.17, 15) is 0 Å². The number of nitrogens with two attached hydrogens (primary N) is 1. The summed E-state index contributed by atoms with van der Waals surface area (Å²) in [5.41, 5.74) is 5.94. The van der Waals surface area contributed by atoms with Crippen molar-refractivity contribution >= 4 is 11.8 Å². The van der Waals surface area contributed by atoms with Crippen molar-refractivity contribution in [3.05, 3.63) is 0 Å². The molecular formula is C12H26N2S. The Morgan fingerprint density at radius 2 is 1.93 bits per heavy atom. The molecule has 0 radical (unpaired) electrons. The van der Waals surface area contributed by atoms with Gasteiger partial charge in [0.2, 0.25) is 0 Å². The van der Waals surface area contributed by atoms with Crippen LogP contribution in [0.1, 0.15) is 39.0 Å². The lowest BCUT2D eigenvalue weighted by Gasteiger charge is -2.38. The Morgan fingerprint density at radius 3 is 2.40 bits per heavy atom. The third-order valence-corrected chi connectivity index (χ3v) is 4.44. The van der Waals surface area contributed by atoms with Gasteiger partial charge in [-0.3, -0.25) is 4.90 Å². The highest BCUT2D eigenvalue weighted by molar-refractivity contribution is 7.98. The summed E-state index contributed by atoms with van der Waals surface area (Å²) >= 11 is 1.96. The summed E-state index contributed by atoms with van der Waals surface area (Å²) in [5.74, 6) is 1.26. The molecule has 15 heavy (non-hydrogen) atoms. The van der Waals surface area contributed by atoms with E-state index in [1.165, 1.54) is 37.9 Å². The molecule has 2 N–H and O–H groups in total. The van der Waals surface area contributed by atoms with E-state index in [1.54, 1.807) is 0 Å². The van der Waals surface area contributed by atoms with Gasteiger partial charge in [-0.25, -0.2) is 0 Å². The minimum atomic E-state index is 0.468. The molecule has 0 amide bonds. The third kappa shape index (κ3) is 3.97. The standard InChI is InChI=1S/C12H26N2S/c1-4-11(9-15-3)14(2)12-7-5-10(13)6-8-12/h10-12H,4-9,13H2,1-3H3. The maximum absolute atomic E-state index is 5.94. The molecule has 1 atom stereocenters. The molecule has 0 aromatic carbocycles. The van der Waals surface area contributed by atoms with Gasteiger partial charge in [-0.2, -0.15) is 11.8 Å². The van der Waals surface area contributed by atoms with E-state index < -0.39 is 0 Å². The van der Waals surface area contributed by atoms with Crippen LogP contribution in [0.2, 0.25) is 0 Å². The second-order valence-electron chi connectivity index (χ2n) is 4.75. The quantitative estimate of drug-likeness (QED) is 0.786. The van der Waals surface area contributed by atoms with Crippen LogP contribution < -0.4 is 5.73 Å². The van der Waals surface area contributed by atoms with Gasteiger partial charge in [0.15, 0.2) is 0 Å². The second kappa shape index (κ2) is 6.77. The van der Waals surface area contributed by atoms with Gasteiger partial charge in [-0.05, 0) is 45.4 Å². The van der Waals surface area contributed by atoms with Crippen molar-refractivity contribution in [3.8, 4) is 0 Å². The normalized spacial score (nSPS) is 29.4. The lowest BCUT2D eigenvalue weighted by atomic mass is 9.90. The molecule has 0 aromatic rings. The Balaban J connectivity index is 2.40. The molecule has 90 valence electrons. The van der Waals surface area contributed by atoms with Gasteiger partial charge in [-0.1, -0.05) is 6.92 Å². The molecule has 1 saturated carbocycles. The van der Waals surface area contributed by atoms with Crippen molar-refractivity contribution < 1.29 is 0 Å². The van der Waals surface area contributed by atoms with Crippen molar-refractivity contribution in [2.45, 2.75) is 57.2 Å². The summed E-state index contributed by atoms with van der Waals surface area (Å²) in [6, 6.07) is 2.00. The number of hydrogen-bond donors (Lipinski definition) is 1. The Hall–Kier alpha value is 0.270. The Labute approximate surface area is 99.0 Å². The van der Waals surface area contributed by atoms with Gasteiger partial charge >= 0.3 is 0 Å². The molecule has 1 rings (SSSR count). The van der Waals surface area contributed by atoms with Gasteiger partial charge in [0.25, 0.3) is 0 Å². The lowest BCUT2D eigenvalue weighted by molar-refractivity contribution is 0.140. The first-order valence-corrected chi connectivity index (χ1v) is 7.54. The number of thioether (sulfide) groups is 1. The first-order valence-electron chi connectivity index (χ1n) is 6.15.